The summed E-state index contributed by atoms with van der Waals surface area (Å²) >= 11 is 0. The third-order valence-electron chi connectivity index (χ3n) is 4.37. The molecule has 5 nitrogen and oxygen atoms in total. The van der Waals surface area contributed by atoms with Crippen LogP contribution in [0.5, 0.6) is 5.75 Å². The molecule has 0 bridgehead atoms. The third kappa shape index (κ3) is 3.83. The molecule has 1 atom stereocenters. The Morgan fingerprint density at radius 2 is 2.08 bits per heavy atom. The van der Waals surface area contributed by atoms with Gasteiger partial charge in [0.25, 0.3) is 0 Å². The SMILES string of the molecule is COc1ccc2[nH]cc(CC(=O)NCC(O)c3ccccc3C)c2c1. The van der Waals surface area contributed by atoms with Gasteiger partial charge in [-0.25, -0.2) is 0 Å². The van der Waals surface area contributed by atoms with Crippen molar-refractivity contribution in [2.75, 3.05) is 13.7 Å². The molecular formula is C20H22N2O3. The number of fused-ring (bicyclic) bond motifs is 1. The molecular weight excluding hydrogens is 316 g/mol. The number of aryl methyl sites for hydroxylation is 1. The summed E-state index contributed by atoms with van der Waals surface area (Å²) in [5.74, 6) is 0.625. The second-order valence-corrected chi connectivity index (χ2v) is 6.08. The predicted molar refractivity (Wildman–Crippen MR) is 97.7 cm³/mol. The van der Waals surface area contributed by atoms with Gasteiger partial charge in [0, 0.05) is 23.6 Å². The number of benzene rings is 2. The molecule has 0 saturated carbocycles. The van der Waals surface area contributed by atoms with Crippen molar-refractivity contribution < 1.29 is 14.6 Å². The quantitative estimate of drug-likeness (QED) is 0.647. The van der Waals surface area contributed by atoms with Crippen LogP contribution >= 0.6 is 0 Å². The Morgan fingerprint density at radius 3 is 2.84 bits per heavy atom. The molecule has 0 spiro atoms. The number of methoxy groups -OCH3 is 1. The number of aromatic nitrogens is 1. The normalized spacial score (nSPS) is 12.1. The summed E-state index contributed by atoms with van der Waals surface area (Å²) in [5.41, 5.74) is 3.70. The average molecular weight is 338 g/mol. The molecule has 3 aromatic rings. The highest BCUT2D eigenvalue weighted by molar-refractivity contribution is 5.89. The van der Waals surface area contributed by atoms with E-state index in [4.69, 9.17) is 4.74 Å². The van der Waals surface area contributed by atoms with E-state index in [1.165, 1.54) is 0 Å². The van der Waals surface area contributed by atoms with Crippen molar-refractivity contribution in [3.05, 3.63) is 65.4 Å². The highest BCUT2D eigenvalue weighted by Gasteiger charge is 2.13. The third-order valence-corrected chi connectivity index (χ3v) is 4.37. The van der Waals surface area contributed by atoms with Gasteiger partial charge in [0.1, 0.15) is 5.75 Å². The van der Waals surface area contributed by atoms with Crippen molar-refractivity contribution in [3.63, 3.8) is 0 Å². The largest absolute Gasteiger partial charge is 0.497 e. The first-order valence-electron chi connectivity index (χ1n) is 8.23. The Hall–Kier alpha value is -2.79. The van der Waals surface area contributed by atoms with Crippen LogP contribution in [0, 0.1) is 6.92 Å². The minimum absolute atomic E-state index is 0.128. The molecule has 3 rings (SSSR count). The van der Waals surface area contributed by atoms with E-state index in [1.807, 2.05) is 55.6 Å². The fourth-order valence-electron chi connectivity index (χ4n) is 2.95. The second-order valence-electron chi connectivity index (χ2n) is 6.08. The Labute approximate surface area is 146 Å². The van der Waals surface area contributed by atoms with Crippen molar-refractivity contribution in [1.82, 2.24) is 10.3 Å². The first-order valence-corrected chi connectivity index (χ1v) is 8.23. The van der Waals surface area contributed by atoms with E-state index in [9.17, 15) is 9.90 Å². The number of aliphatic hydroxyl groups excluding tert-OH is 1. The van der Waals surface area contributed by atoms with Gasteiger partial charge in [-0.15, -0.1) is 0 Å². The lowest BCUT2D eigenvalue weighted by molar-refractivity contribution is -0.120. The van der Waals surface area contributed by atoms with E-state index in [0.29, 0.717) is 0 Å². The molecule has 1 unspecified atom stereocenters. The van der Waals surface area contributed by atoms with Crippen LogP contribution in [-0.2, 0) is 11.2 Å². The van der Waals surface area contributed by atoms with Crippen LogP contribution in [0.1, 0.15) is 22.8 Å². The number of rotatable bonds is 6. The van der Waals surface area contributed by atoms with Crippen LogP contribution in [0.25, 0.3) is 10.9 Å². The molecule has 1 amide bonds. The number of carbonyl (C=O) groups excluding carboxylic acids is 1. The number of aromatic amines is 1. The topological polar surface area (TPSA) is 74.4 Å². The molecule has 1 heterocycles. The molecule has 2 aromatic carbocycles. The molecule has 0 aliphatic carbocycles. The van der Waals surface area contributed by atoms with Crippen LogP contribution in [0.2, 0.25) is 0 Å². The summed E-state index contributed by atoms with van der Waals surface area (Å²) in [6.07, 6.45) is 1.36. The zero-order valence-corrected chi connectivity index (χ0v) is 14.4. The highest BCUT2D eigenvalue weighted by atomic mass is 16.5. The lowest BCUT2D eigenvalue weighted by Gasteiger charge is -2.14. The number of hydrogen-bond acceptors (Lipinski definition) is 3. The Morgan fingerprint density at radius 1 is 1.28 bits per heavy atom. The van der Waals surface area contributed by atoms with Crippen molar-refractivity contribution in [2.45, 2.75) is 19.4 Å². The van der Waals surface area contributed by atoms with Gasteiger partial charge >= 0.3 is 0 Å². The number of ether oxygens (including phenoxy) is 1. The molecule has 0 aliphatic heterocycles. The molecule has 0 aliphatic rings. The van der Waals surface area contributed by atoms with Crippen molar-refractivity contribution in [1.29, 1.82) is 0 Å². The molecule has 3 N–H and O–H groups in total. The maximum absolute atomic E-state index is 12.3. The molecule has 0 saturated heterocycles. The molecule has 25 heavy (non-hydrogen) atoms. The Kier molecular flexibility index (Phi) is 5.05. The second kappa shape index (κ2) is 7.40. The minimum Gasteiger partial charge on any atom is -0.497 e. The monoisotopic (exact) mass is 338 g/mol. The van der Waals surface area contributed by atoms with E-state index in [2.05, 4.69) is 10.3 Å². The van der Waals surface area contributed by atoms with Gasteiger partial charge in [-0.1, -0.05) is 24.3 Å². The first-order chi connectivity index (χ1) is 12.1. The van der Waals surface area contributed by atoms with Crippen LogP contribution in [0.4, 0.5) is 0 Å². The summed E-state index contributed by atoms with van der Waals surface area (Å²) < 4.78 is 5.24. The summed E-state index contributed by atoms with van der Waals surface area (Å²) in [6, 6.07) is 13.3. The van der Waals surface area contributed by atoms with Gasteiger partial charge in [-0.2, -0.15) is 0 Å². The van der Waals surface area contributed by atoms with Gasteiger partial charge in [0.05, 0.1) is 19.6 Å². The standard InChI is InChI=1S/C20H22N2O3/c1-13-5-3-4-6-16(13)19(23)12-22-20(24)9-14-11-21-18-8-7-15(25-2)10-17(14)18/h3-8,10-11,19,21,23H,9,12H2,1-2H3,(H,22,24). The van der Waals surface area contributed by atoms with Gasteiger partial charge in [-0.05, 0) is 41.8 Å². The van der Waals surface area contributed by atoms with Crippen molar-refractivity contribution >= 4 is 16.8 Å². The van der Waals surface area contributed by atoms with Crippen molar-refractivity contribution in [3.8, 4) is 5.75 Å². The predicted octanol–water partition coefficient (Wildman–Crippen LogP) is 2.88. The number of carbonyl (C=O) groups is 1. The number of aliphatic hydroxyl groups is 1. The zero-order valence-electron chi connectivity index (χ0n) is 14.4. The Bertz CT molecular complexity index is 886. The average Bonchev–Trinajstić information content (AvgIpc) is 3.02. The highest BCUT2D eigenvalue weighted by Crippen LogP contribution is 2.24. The summed E-state index contributed by atoms with van der Waals surface area (Å²) in [6.45, 7) is 2.13. The van der Waals surface area contributed by atoms with Gasteiger partial charge in [0.2, 0.25) is 5.91 Å². The summed E-state index contributed by atoms with van der Waals surface area (Å²) in [5, 5.41) is 14.1. The van der Waals surface area contributed by atoms with E-state index >= 15 is 0 Å². The minimum atomic E-state index is -0.715. The molecule has 1 aromatic heterocycles. The number of H-pyrrole nitrogens is 1. The maximum atomic E-state index is 12.3. The summed E-state index contributed by atoms with van der Waals surface area (Å²) in [7, 11) is 1.62. The van der Waals surface area contributed by atoms with E-state index in [-0.39, 0.29) is 18.9 Å². The summed E-state index contributed by atoms with van der Waals surface area (Å²) in [4.78, 5) is 15.4. The lowest BCUT2D eigenvalue weighted by Crippen LogP contribution is -2.29. The van der Waals surface area contributed by atoms with Crippen molar-refractivity contribution in [2.24, 2.45) is 0 Å². The number of nitrogens with one attached hydrogen (secondary N) is 2. The molecule has 0 fully saturated rings. The van der Waals surface area contributed by atoms with E-state index in [0.717, 1.165) is 33.3 Å². The van der Waals surface area contributed by atoms with Crippen LogP contribution in [-0.4, -0.2) is 29.7 Å². The molecule has 0 radical (unpaired) electrons. The maximum Gasteiger partial charge on any atom is 0.224 e. The fourth-order valence-corrected chi connectivity index (χ4v) is 2.95. The van der Waals surface area contributed by atoms with E-state index in [1.54, 1.807) is 7.11 Å². The van der Waals surface area contributed by atoms with E-state index < -0.39 is 6.10 Å². The lowest BCUT2D eigenvalue weighted by atomic mass is 10.0. The Balaban J connectivity index is 1.64. The molecule has 130 valence electrons. The number of amides is 1. The van der Waals surface area contributed by atoms with Crippen LogP contribution < -0.4 is 10.1 Å². The van der Waals surface area contributed by atoms with Gasteiger partial charge in [0.15, 0.2) is 0 Å². The van der Waals surface area contributed by atoms with Crippen LogP contribution in [0.15, 0.2) is 48.7 Å². The fraction of sp³-hybridized carbons (Fsp3) is 0.250. The number of hydrogen-bond donors (Lipinski definition) is 3. The smallest absolute Gasteiger partial charge is 0.224 e. The van der Waals surface area contributed by atoms with Gasteiger partial charge in [-0.3, -0.25) is 4.79 Å². The first kappa shape index (κ1) is 17.0. The molecule has 5 heteroatoms. The zero-order chi connectivity index (χ0) is 17.8. The van der Waals surface area contributed by atoms with Crippen LogP contribution in [0.3, 0.4) is 0 Å². The van der Waals surface area contributed by atoms with Gasteiger partial charge < -0.3 is 20.1 Å².